The first-order valence-corrected chi connectivity index (χ1v) is 12.3. The first-order chi connectivity index (χ1) is 15.0. The molecular formula is C25H41N3O2S. The monoisotopic (exact) mass is 447 g/mol. The van der Waals surface area contributed by atoms with Crippen molar-refractivity contribution in [2.75, 3.05) is 6.54 Å². The molecule has 0 saturated carbocycles. The number of carbonyl (C=O) groups is 2. The van der Waals surface area contributed by atoms with E-state index in [0.29, 0.717) is 24.6 Å². The number of nitrogens with two attached hydrogens (primary N) is 1. The van der Waals surface area contributed by atoms with Crippen molar-refractivity contribution in [2.24, 2.45) is 5.73 Å². The fraction of sp³-hybridized carbons (Fsp3) is 0.640. The van der Waals surface area contributed by atoms with Gasteiger partial charge in [-0.3, -0.25) is 9.59 Å². The Morgan fingerprint density at radius 3 is 1.97 bits per heavy atom. The van der Waals surface area contributed by atoms with Crippen molar-refractivity contribution >= 4 is 29.1 Å². The Balaban J connectivity index is 2.22. The number of nitrogens with one attached hydrogen (secondary N) is 1. The molecule has 5 nitrogen and oxygen atoms in total. The predicted molar refractivity (Wildman–Crippen MR) is 132 cm³/mol. The number of hydrogen-bond acceptors (Lipinski definition) is 3. The molecule has 1 aromatic carbocycles. The van der Waals surface area contributed by atoms with Crippen molar-refractivity contribution in [3.05, 3.63) is 35.9 Å². The van der Waals surface area contributed by atoms with Gasteiger partial charge in [0.25, 0.3) is 0 Å². The van der Waals surface area contributed by atoms with Crippen LogP contribution in [0.4, 0.5) is 0 Å². The number of hydrogen-bond donors (Lipinski definition) is 2. The molecule has 1 aromatic rings. The summed E-state index contributed by atoms with van der Waals surface area (Å²) in [5, 5.41) is 3.19. The number of primary amides is 1. The maximum atomic E-state index is 12.3. The van der Waals surface area contributed by atoms with Gasteiger partial charge in [-0.2, -0.15) is 0 Å². The Hall–Kier alpha value is -1.95. The maximum Gasteiger partial charge on any atom is 0.226 e. The molecule has 0 aromatic heterocycles. The molecule has 6 heteroatoms. The van der Waals surface area contributed by atoms with Crippen LogP contribution in [0.5, 0.6) is 0 Å². The summed E-state index contributed by atoms with van der Waals surface area (Å²) in [5.74, 6) is -0.439. The second kappa shape index (κ2) is 17.7. The summed E-state index contributed by atoms with van der Waals surface area (Å²) in [7, 11) is 0. The molecule has 3 N–H and O–H groups in total. The van der Waals surface area contributed by atoms with E-state index in [1.54, 1.807) is 0 Å². The van der Waals surface area contributed by atoms with Gasteiger partial charge in [-0.15, -0.1) is 0 Å². The summed E-state index contributed by atoms with van der Waals surface area (Å²) < 4.78 is 0. The molecule has 0 spiro atoms. The van der Waals surface area contributed by atoms with Gasteiger partial charge < -0.3 is 16.0 Å². The molecule has 1 rings (SSSR count). The van der Waals surface area contributed by atoms with Crippen LogP contribution in [0.25, 0.3) is 0 Å². The molecule has 0 heterocycles. The topological polar surface area (TPSA) is 75.4 Å². The average Bonchev–Trinajstić information content (AvgIpc) is 2.75. The van der Waals surface area contributed by atoms with Crippen molar-refractivity contribution in [1.82, 2.24) is 10.2 Å². The molecule has 0 aliphatic carbocycles. The lowest BCUT2D eigenvalue weighted by Gasteiger charge is -2.25. The normalized spacial score (nSPS) is 10.6. The number of thiocarbonyl (C=S) groups is 1. The van der Waals surface area contributed by atoms with Gasteiger partial charge in [-0.25, -0.2) is 0 Å². The zero-order valence-electron chi connectivity index (χ0n) is 19.2. The minimum Gasteiger partial charge on any atom is -0.370 e. The standard InChI is InChI=1S/C25H41N3O2S/c1-2-3-4-5-6-7-8-9-10-11-15-18-24(30)27-25(31)28(20-19-23(26)29)21-22-16-13-12-14-17-22/h12-14,16-17H,2-11,15,18-21H2,1H3,(H2,26,29)(H,27,30,31). The van der Waals surface area contributed by atoms with Crippen LogP contribution >= 0.6 is 12.2 Å². The number of benzene rings is 1. The molecule has 174 valence electrons. The third-order valence-corrected chi connectivity index (χ3v) is 5.75. The first kappa shape index (κ1) is 27.1. The Kier molecular flexibility index (Phi) is 15.5. The smallest absolute Gasteiger partial charge is 0.226 e. The van der Waals surface area contributed by atoms with E-state index < -0.39 is 0 Å². The van der Waals surface area contributed by atoms with E-state index in [4.69, 9.17) is 18.0 Å². The van der Waals surface area contributed by atoms with Crippen LogP contribution in [0, 0.1) is 0 Å². The molecule has 0 unspecified atom stereocenters. The van der Waals surface area contributed by atoms with Crippen LogP contribution in [0.1, 0.15) is 96.0 Å². The minimum absolute atomic E-state index is 0.0574. The van der Waals surface area contributed by atoms with E-state index in [9.17, 15) is 9.59 Å². The molecule has 0 atom stereocenters. The Labute approximate surface area is 194 Å². The van der Waals surface area contributed by atoms with E-state index in [0.717, 1.165) is 18.4 Å². The molecule has 2 amide bonds. The van der Waals surface area contributed by atoms with Crippen LogP contribution in [-0.4, -0.2) is 28.4 Å². The van der Waals surface area contributed by atoms with Crippen molar-refractivity contribution in [3.63, 3.8) is 0 Å². The molecule has 31 heavy (non-hydrogen) atoms. The van der Waals surface area contributed by atoms with Crippen LogP contribution in [-0.2, 0) is 16.1 Å². The van der Waals surface area contributed by atoms with Gasteiger partial charge >= 0.3 is 0 Å². The Morgan fingerprint density at radius 2 is 1.42 bits per heavy atom. The average molecular weight is 448 g/mol. The lowest BCUT2D eigenvalue weighted by Crippen LogP contribution is -2.43. The Bertz CT molecular complexity index is 637. The molecule has 0 bridgehead atoms. The predicted octanol–water partition coefficient (Wildman–Crippen LogP) is 5.47. The number of rotatable bonds is 17. The van der Waals surface area contributed by atoms with E-state index >= 15 is 0 Å². The van der Waals surface area contributed by atoms with Crippen LogP contribution < -0.4 is 11.1 Å². The molecule has 0 aliphatic rings. The van der Waals surface area contributed by atoms with Gasteiger partial charge in [0.2, 0.25) is 11.8 Å². The molecule has 0 fully saturated rings. The highest BCUT2D eigenvalue weighted by atomic mass is 32.1. The summed E-state index contributed by atoms with van der Waals surface area (Å²) in [6, 6.07) is 9.84. The summed E-state index contributed by atoms with van der Waals surface area (Å²) in [6.07, 6.45) is 14.5. The van der Waals surface area contributed by atoms with Crippen molar-refractivity contribution < 1.29 is 9.59 Å². The summed E-state index contributed by atoms with van der Waals surface area (Å²) >= 11 is 5.43. The van der Waals surface area contributed by atoms with Crippen LogP contribution in [0.2, 0.25) is 0 Å². The van der Waals surface area contributed by atoms with E-state index in [-0.39, 0.29) is 18.2 Å². The number of nitrogens with zero attached hydrogens (tertiary/aromatic N) is 1. The number of unbranched alkanes of at least 4 members (excludes halogenated alkanes) is 10. The third-order valence-electron chi connectivity index (χ3n) is 5.39. The lowest BCUT2D eigenvalue weighted by molar-refractivity contribution is -0.120. The second-order valence-corrected chi connectivity index (χ2v) is 8.65. The van der Waals surface area contributed by atoms with Gasteiger partial charge in [0.15, 0.2) is 5.11 Å². The van der Waals surface area contributed by atoms with Gasteiger partial charge in [-0.05, 0) is 24.2 Å². The summed E-state index contributed by atoms with van der Waals surface area (Å²) in [5.41, 5.74) is 6.35. The fourth-order valence-corrected chi connectivity index (χ4v) is 3.78. The number of carbonyl (C=O) groups excluding carboxylic acids is 2. The lowest BCUT2D eigenvalue weighted by atomic mass is 10.1. The minimum atomic E-state index is -0.381. The molecule has 0 saturated heterocycles. The van der Waals surface area contributed by atoms with Crippen LogP contribution in [0.3, 0.4) is 0 Å². The molecule has 0 radical (unpaired) electrons. The first-order valence-electron chi connectivity index (χ1n) is 11.9. The SMILES string of the molecule is CCCCCCCCCCCCCC(=O)NC(=S)N(CCC(N)=O)Cc1ccccc1. The largest absolute Gasteiger partial charge is 0.370 e. The van der Waals surface area contributed by atoms with Gasteiger partial charge in [0, 0.05) is 25.9 Å². The van der Waals surface area contributed by atoms with Crippen molar-refractivity contribution in [1.29, 1.82) is 0 Å². The van der Waals surface area contributed by atoms with Crippen LogP contribution in [0.15, 0.2) is 30.3 Å². The van der Waals surface area contributed by atoms with Crippen molar-refractivity contribution in [2.45, 2.75) is 96.9 Å². The summed E-state index contributed by atoms with van der Waals surface area (Å²) in [6.45, 7) is 3.17. The highest BCUT2D eigenvalue weighted by molar-refractivity contribution is 7.80. The van der Waals surface area contributed by atoms with E-state index in [1.165, 1.54) is 57.8 Å². The van der Waals surface area contributed by atoms with Crippen molar-refractivity contribution in [3.8, 4) is 0 Å². The third kappa shape index (κ3) is 14.6. The molecular weight excluding hydrogens is 406 g/mol. The zero-order valence-corrected chi connectivity index (χ0v) is 20.1. The second-order valence-electron chi connectivity index (χ2n) is 8.26. The van der Waals surface area contributed by atoms with Gasteiger partial charge in [0.05, 0.1) is 0 Å². The zero-order chi connectivity index (χ0) is 22.7. The van der Waals surface area contributed by atoms with E-state index in [1.807, 2.05) is 35.2 Å². The van der Waals surface area contributed by atoms with E-state index in [2.05, 4.69) is 12.2 Å². The maximum absolute atomic E-state index is 12.3. The molecule has 0 aliphatic heterocycles. The Morgan fingerprint density at radius 1 is 0.871 bits per heavy atom. The highest BCUT2D eigenvalue weighted by Crippen LogP contribution is 2.12. The number of amides is 2. The van der Waals surface area contributed by atoms with Gasteiger partial charge in [0.1, 0.15) is 0 Å². The fourth-order valence-electron chi connectivity index (χ4n) is 3.51. The summed E-state index contributed by atoms with van der Waals surface area (Å²) in [4.78, 5) is 25.3. The quantitative estimate of drug-likeness (QED) is 0.245. The highest BCUT2D eigenvalue weighted by Gasteiger charge is 2.14. The van der Waals surface area contributed by atoms with Gasteiger partial charge in [-0.1, -0.05) is 101 Å².